The summed E-state index contributed by atoms with van der Waals surface area (Å²) < 4.78 is 6.36. The second-order valence-corrected chi connectivity index (χ2v) is 3.91. The second-order valence-electron chi connectivity index (χ2n) is 3.91. The van der Waals surface area contributed by atoms with Gasteiger partial charge >= 0.3 is 5.97 Å². The molecular weight excluding hydrogens is 248 g/mol. The molecule has 0 aromatic carbocycles. The first kappa shape index (κ1) is 13.0. The topological polar surface area (TPSA) is 85.6 Å². The number of nitrogens with one attached hydrogen (secondary N) is 1. The molecule has 100 valence electrons. The van der Waals surface area contributed by atoms with E-state index in [2.05, 4.69) is 15.4 Å². The summed E-state index contributed by atoms with van der Waals surface area (Å²) in [7, 11) is 0. The lowest BCUT2D eigenvalue weighted by Gasteiger charge is -2.11. The third-order valence-corrected chi connectivity index (χ3v) is 2.56. The van der Waals surface area contributed by atoms with E-state index >= 15 is 0 Å². The molecule has 0 aliphatic carbocycles. The molecule has 2 aromatic heterocycles. The minimum Gasteiger partial charge on any atom is -0.464 e. The number of amides is 1. The Labute approximate surface area is 109 Å². The van der Waals surface area contributed by atoms with Crippen LogP contribution in [0.2, 0.25) is 0 Å². The van der Waals surface area contributed by atoms with Crippen LogP contribution < -0.4 is 5.32 Å². The van der Waals surface area contributed by atoms with Gasteiger partial charge in [0.05, 0.1) is 30.1 Å². The Bertz CT molecular complexity index is 608. The van der Waals surface area contributed by atoms with E-state index in [9.17, 15) is 9.59 Å². The van der Waals surface area contributed by atoms with Gasteiger partial charge in [0.2, 0.25) is 0 Å². The van der Waals surface area contributed by atoms with Crippen molar-refractivity contribution in [2.75, 3.05) is 6.61 Å². The highest BCUT2D eigenvalue weighted by molar-refractivity contribution is 6.02. The summed E-state index contributed by atoms with van der Waals surface area (Å²) in [6, 6.07) is -0.709. The fourth-order valence-electron chi connectivity index (χ4n) is 1.61. The van der Waals surface area contributed by atoms with E-state index in [1.54, 1.807) is 26.2 Å². The summed E-state index contributed by atoms with van der Waals surface area (Å²) in [4.78, 5) is 27.4. The van der Waals surface area contributed by atoms with Gasteiger partial charge in [-0.1, -0.05) is 0 Å². The average Bonchev–Trinajstić information content (AvgIpc) is 2.82. The van der Waals surface area contributed by atoms with E-state index in [-0.39, 0.29) is 12.5 Å². The molecule has 2 aromatic rings. The second kappa shape index (κ2) is 5.47. The van der Waals surface area contributed by atoms with Crippen LogP contribution in [0.1, 0.15) is 24.2 Å². The summed E-state index contributed by atoms with van der Waals surface area (Å²) in [6.45, 7) is 3.56. The minimum absolute atomic E-state index is 0.277. The molecule has 0 fully saturated rings. The molecule has 2 rings (SSSR count). The number of ether oxygens (including phenoxy) is 1. The maximum absolute atomic E-state index is 12.0. The van der Waals surface area contributed by atoms with E-state index in [4.69, 9.17) is 4.74 Å². The Hall–Kier alpha value is -2.44. The number of nitrogens with zero attached hydrogens (tertiary/aromatic N) is 3. The van der Waals surface area contributed by atoms with Crippen LogP contribution in [0.15, 0.2) is 24.8 Å². The van der Waals surface area contributed by atoms with E-state index in [0.717, 1.165) is 0 Å². The number of fused-ring (bicyclic) bond motifs is 1. The molecule has 1 unspecified atom stereocenters. The van der Waals surface area contributed by atoms with Crippen molar-refractivity contribution in [2.45, 2.75) is 19.9 Å². The summed E-state index contributed by atoms with van der Waals surface area (Å²) in [6.07, 6.45) is 6.19. The van der Waals surface area contributed by atoms with Crippen LogP contribution in [-0.4, -0.2) is 39.1 Å². The van der Waals surface area contributed by atoms with Crippen LogP contribution in [-0.2, 0) is 9.53 Å². The van der Waals surface area contributed by atoms with Crippen molar-refractivity contribution >= 4 is 17.4 Å². The molecule has 19 heavy (non-hydrogen) atoms. The first-order valence-electron chi connectivity index (χ1n) is 5.88. The standard InChI is InChI=1S/C12H14N4O3/c1-3-19-12(18)8(2)15-11(17)9-6-14-16-5-4-13-7-10(9)16/h4-8H,3H2,1-2H3,(H,15,17). The summed E-state index contributed by atoms with van der Waals surface area (Å²) in [5, 5.41) is 6.59. The predicted molar refractivity (Wildman–Crippen MR) is 66.5 cm³/mol. The van der Waals surface area contributed by atoms with E-state index in [1.807, 2.05) is 0 Å². The van der Waals surface area contributed by atoms with Crippen molar-refractivity contribution in [2.24, 2.45) is 0 Å². The van der Waals surface area contributed by atoms with Gasteiger partial charge in [-0.3, -0.25) is 9.78 Å². The Morgan fingerprint density at radius 3 is 3.00 bits per heavy atom. The van der Waals surface area contributed by atoms with Crippen LogP contribution in [0, 0.1) is 0 Å². The molecule has 7 heteroatoms. The molecule has 0 bridgehead atoms. The van der Waals surface area contributed by atoms with Gasteiger partial charge in [-0.05, 0) is 13.8 Å². The normalized spacial score (nSPS) is 12.1. The van der Waals surface area contributed by atoms with Crippen molar-refractivity contribution in [3.8, 4) is 0 Å². The molecule has 2 heterocycles. The van der Waals surface area contributed by atoms with Gasteiger partial charge in [-0.15, -0.1) is 0 Å². The van der Waals surface area contributed by atoms with Gasteiger partial charge in [-0.2, -0.15) is 5.10 Å². The SMILES string of the molecule is CCOC(=O)C(C)NC(=O)c1cnn2ccncc12. The van der Waals surface area contributed by atoms with Crippen LogP contribution in [0.3, 0.4) is 0 Å². The molecule has 0 aliphatic rings. The number of carbonyl (C=O) groups excluding carboxylic acids is 2. The molecule has 7 nitrogen and oxygen atoms in total. The van der Waals surface area contributed by atoms with E-state index in [0.29, 0.717) is 11.1 Å². The van der Waals surface area contributed by atoms with Crippen LogP contribution in [0.5, 0.6) is 0 Å². The minimum atomic E-state index is -0.709. The number of hydrogen-bond donors (Lipinski definition) is 1. The molecular formula is C12H14N4O3. The predicted octanol–water partition coefficient (Wildman–Crippen LogP) is 0.411. The molecule has 0 radical (unpaired) electrons. The fraction of sp³-hybridized carbons (Fsp3) is 0.333. The van der Waals surface area contributed by atoms with Crippen molar-refractivity contribution in [1.82, 2.24) is 19.9 Å². The number of rotatable bonds is 4. The van der Waals surface area contributed by atoms with Crippen LogP contribution in [0.25, 0.3) is 5.52 Å². The highest BCUT2D eigenvalue weighted by Gasteiger charge is 2.19. The maximum Gasteiger partial charge on any atom is 0.328 e. The highest BCUT2D eigenvalue weighted by Crippen LogP contribution is 2.08. The molecule has 0 saturated heterocycles. The molecule has 1 N–H and O–H groups in total. The molecule has 0 spiro atoms. The zero-order chi connectivity index (χ0) is 13.8. The summed E-state index contributed by atoms with van der Waals surface area (Å²) >= 11 is 0. The van der Waals surface area contributed by atoms with Gasteiger partial charge in [0.15, 0.2) is 0 Å². The first-order chi connectivity index (χ1) is 9.13. The van der Waals surface area contributed by atoms with Gasteiger partial charge in [0, 0.05) is 12.4 Å². The van der Waals surface area contributed by atoms with Crippen molar-refractivity contribution in [1.29, 1.82) is 0 Å². The largest absolute Gasteiger partial charge is 0.464 e. The Morgan fingerprint density at radius 2 is 2.26 bits per heavy atom. The van der Waals surface area contributed by atoms with Gasteiger partial charge in [0.1, 0.15) is 6.04 Å². The number of aromatic nitrogens is 3. The Kier molecular flexibility index (Phi) is 3.74. The summed E-state index contributed by atoms with van der Waals surface area (Å²) in [5.41, 5.74) is 0.945. The van der Waals surface area contributed by atoms with Gasteiger partial charge in [-0.25, -0.2) is 9.31 Å². The monoisotopic (exact) mass is 262 g/mol. The smallest absolute Gasteiger partial charge is 0.328 e. The average molecular weight is 262 g/mol. The van der Waals surface area contributed by atoms with Gasteiger partial charge in [0.25, 0.3) is 5.91 Å². The van der Waals surface area contributed by atoms with Crippen molar-refractivity contribution in [3.63, 3.8) is 0 Å². The maximum atomic E-state index is 12.0. The first-order valence-corrected chi connectivity index (χ1v) is 5.88. The third kappa shape index (κ3) is 2.70. The Morgan fingerprint density at radius 1 is 1.47 bits per heavy atom. The van der Waals surface area contributed by atoms with E-state index in [1.165, 1.54) is 16.9 Å². The lowest BCUT2D eigenvalue weighted by atomic mass is 10.2. The molecule has 1 amide bonds. The molecule has 1 atom stereocenters. The van der Waals surface area contributed by atoms with E-state index < -0.39 is 12.0 Å². The number of carbonyl (C=O) groups is 2. The third-order valence-electron chi connectivity index (χ3n) is 2.56. The molecule has 0 saturated carbocycles. The van der Waals surface area contributed by atoms with Crippen LogP contribution in [0.4, 0.5) is 0 Å². The van der Waals surface area contributed by atoms with Crippen LogP contribution >= 0.6 is 0 Å². The van der Waals surface area contributed by atoms with Gasteiger partial charge < -0.3 is 10.1 Å². The lowest BCUT2D eigenvalue weighted by molar-refractivity contribution is -0.144. The zero-order valence-corrected chi connectivity index (χ0v) is 10.7. The van der Waals surface area contributed by atoms with Crippen molar-refractivity contribution < 1.29 is 14.3 Å². The zero-order valence-electron chi connectivity index (χ0n) is 10.7. The summed E-state index contributed by atoms with van der Waals surface area (Å²) in [5.74, 6) is -0.853. The number of hydrogen-bond acceptors (Lipinski definition) is 5. The molecule has 0 aliphatic heterocycles. The van der Waals surface area contributed by atoms with Crippen molar-refractivity contribution in [3.05, 3.63) is 30.4 Å². The fourth-order valence-corrected chi connectivity index (χ4v) is 1.61. The number of esters is 1. The Balaban J connectivity index is 2.14. The quantitative estimate of drug-likeness (QED) is 0.807. The lowest BCUT2D eigenvalue weighted by Crippen LogP contribution is -2.39. The highest BCUT2D eigenvalue weighted by atomic mass is 16.5.